The number of ether oxygens (including phenoxy) is 2. The summed E-state index contributed by atoms with van der Waals surface area (Å²) < 4.78 is 12.0. The normalized spacial score (nSPS) is 15.3. The van der Waals surface area contributed by atoms with Gasteiger partial charge in [0, 0.05) is 6.54 Å². The fraction of sp³-hybridized carbons (Fsp3) is 0.273. The van der Waals surface area contributed by atoms with Gasteiger partial charge in [-0.15, -0.1) is 0 Å². The van der Waals surface area contributed by atoms with Crippen LogP contribution >= 0.6 is 35.6 Å². The summed E-state index contributed by atoms with van der Waals surface area (Å²) in [7, 11) is 0. The van der Waals surface area contributed by atoms with E-state index in [0.717, 1.165) is 17.7 Å². The summed E-state index contributed by atoms with van der Waals surface area (Å²) in [5, 5.41) is 0.483. The number of hydrogen-bond donors (Lipinski definition) is 0. The molecule has 0 aliphatic carbocycles. The molecule has 0 unspecified atom stereocenters. The molecule has 1 fully saturated rings. The number of hydrogen-bond acceptors (Lipinski definition) is 5. The highest BCUT2D eigenvalue weighted by molar-refractivity contribution is 8.26. The SMILES string of the molecule is CCc1ccc(OCCOc2ccc(C=C3SC(=S)N(CC)C3=O)cc2Cl)cc1. The summed E-state index contributed by atoms with van der Waals surface area (Å²) in [6.07, 6.45) is 2.80. The number of nitrogens with zero attached hydrogens (tertiary/aromatic N) is 1. The Kier molecular flexibility index (Phi) is 7.58. The first-order valence-electron chi connectivity index (χ1n) is 9.41. The van der Waals surface area contributed by atoms with Gasteiger partial charge in [0.05, 0.1) is 9.93 Å². The third-order valence-electron chi connectivity index (χ3n) is 4.38. The van der Waals surface area contributed by atoms with Gasteiger partial charge in [-0.05, 0) is 54.8 Å². The molecule has 1 saturated heterocycles. The minimum Gasteiger partial charge on any atom is -0.490 e. The number of halogens is 1. The maximum absolute atomic E-state index is 12.3. The second-order valence-electron chi connectivity index (χ2n) is 6.31. The van der Waals surface area contributed by atoms with Crippen molar-refractivity contribution < 1.29 is 14.3 Å². The van der Waals surface area contributed by atoms with Crippen LogP contribution in [0.3, 0.4) is 0 Å². The number of rotatable bonds is 8. The molecule has 7 heteroatoms. The van der Waals surface area contributed by atoms with Crippen LogP contribution in [0, 0.1) is 0 Å². The second kappa shape index (κ2) is 10.1. The van der Waals surface area contributed by atoms with Gasteiger partial charge in [0.2, 0.25) is 0 Å². The lowest BCUT2D eigenvalue weighted by atomic mass is 10.2. The Morgan fingerprint density at radius 3 is 2.45 bits per heavy atom. The summed E-state index contributed by atoms with van der Waals surface area (Å²) in [5.74, 6) is 1.33. The third kappa shape index (κ3) is 5.53. The number of carbonyl (C=O) groups is 1. The minimum absolute atomic E-state index is 0.0666. The molecule has 0 atom stereocenters. The van der Waals surface area contributed by atoms with E-state index in [9.17, 15) is 4.79 Å². The molecule has 0 aromatic heterocycles. The maximum Gasteiger partial charge on any atom is 0.266 e. The summed E-state index contributed by atoms with van der Waals surface area (Å²) in [6.45, 7) is 5.39. The monoisotopic (exact) mass is 447 g/mol. The van der Waals surface area contributed by atoms with E-state index in [1.807, 2.05) is 25.1 Å². The molecule has 3 rings (SSSR count). The largest absolute Gasteiger partial charge is 0.490 e. The van der Waals surface area contributed by atoms with E-state index in [2.05, 4.69) is 19.1 Å². The fourth-order valence-corrected chi connectivity index (χ4v) is 4.41. The summed E-state index contributed by atoms with van der Waals surface area (Å²) >= 11 is 12.9. The van der Waals surface area contributed by atoms with Crippen molar-refractivity contribution in [3.63, 3.8) is 0 Å². The van der Waals surface area contributed by atoms with Gasteiger partial charge < -0.3 is 9.47 Å². The molecule has 152 valence electrons. The maximum atomic E-state index is 12.3. The Labute approximate surface area is 185 Å². The molecule has 0 spiro atoms. The highest BCUT2D eigenvalue weighted by Gasteiger charge is 2.30. The molecule has 2 aromatic carbocycles. The lowest BCUT2D eigenvalue weighted by Gasteiger charge is -2.11. The van der Waals surface area contributed by atoms with E-state index in [-0.39, 0.29) is 5.91 Å². The van der Waals surface area contributed by atoms with E-state index >= 15 is 0 Å². The van der Waals surface area contributed by atoms with E-state index in [4.69, 9.17) is 33.3 Å². The van der Waals surface area contributed by atoms with Gasteiger partial charge in [-0.3, -0.25) is 9.69 Å². The first kappa shape index (κ1) is 21.7. The van der Waals surface area contributed by atoms with Crippen LogP contribution in [0.5, 0.6) is 11.5 Å². The highest BCUT2D eigenvalue weighted by Crippen LogP contribution is 2.33. The zero-order valence-electron chi connectivity index (χ0n) is 16.3. The van der Waals surface area contributed by atoms with Crippen molar-refractivity contribution >= 4 is 51.9 Å². The molecule has 0 saturated carbocycles. The number of likely N-dealkylation sites (N-methyl/N-ethyl adjacent to an activating group) is 1. The zero-order chi connectivity index (χ0) is 20.8. The van der Waals surface area contributed by atoms with Gasteiger partial charge in [-0.2, -0.15) is 0 Å². The van der Waals surface area contributed by atoms with Gasteiger partial charge >= 0.3 is 0 Å². The van der Waals surface area contributed by atoms with Gasteiger partial charge in [0.25, 0.3) is 5.91 Å². The Morgan fingerprint density at radius 2 is 1.83 bits per heavy atom. The van der Waals surface area contributed by atoms with Crippen molar-refractivity contribution in [3.8, 4) is 11.5 Å². The number of carbonyl (C=O) groups excluding carboxylic acids is 1. The topological polar surface area (TPSA) is 38.8 Å². The standard InChI is InChI=1S/C22H22ClNO3S2/c1-3-15-5-8-17(9-6-15)26-11-12-27-19-10-7-16(13-18(19)23)14-20-21(25)24(4-2)22(28)29-20/h5-10,13-14H,3-4,11-12H2,1-2H3. The Balaban J connectivity index is 1.55. The number of thiocarbonyl (C=S) groups is 1. The van der Waals surface area contributed by atoms with Crippen molar-refractivity contribution in [2.24, 2.45) is 0 Å². The van der Waals surface area contributed by atoms with Crippen molar-refractivity contribution in [3.05, 3.63) is 63.5 Å². The summed E-state index contributed by atoms with van der Waals surface area (Å²) in [6, 6.07) is 13.5. The van der Waals surface area contributed by atoms with Crippen molar-refractivity contribution in [1.82, 2.24) is 4.90 Å². The molecule has 29 heavy (non-hydrogen) atoms. The van der Waals surface area contributed by atoms with Crippen LogP contribution in [0.15, 0.2) is 47.4 Å². The molecular formula is C22H22ClNO3S2. The van der Waals surface area contributed by atoms with Crippen LogP contribution in [0.25, 0.3) is 6.08 Å². The molecule has 1 heterocycles. The lowest BCUT2D eigenvalue weighted by molar-refractivity contribution is -0.121. The van der Waals surface area contributed by atoms with Gasteiger partial charge in [0.15, 0.2) is 0 Å². The zero-order valence-corrected chi connectivity index (χ0v) is 18.7. The molecule has 4 nitrogen and oxygen atoms in total. The predicted molar refractivity (Wildman–Crippen MR) is 124 cm³/mol. The molecular weight excluding hydrogens is 426 g/mol. The average Bonchev–Trinajstić information content (AvgIpc) is 2.99. The van der Waals surface area contributed by atoms with E-state index in [0.29, 0.717) is 39.8 Å². The van der Waals surface area contributed by atoms with Crippen LogP contribution in [-0.2, 0) is 11.2 Å². The average molecular weight is 448 g/mol. The van der Waals surface area contributed by atoms with Crippen molar-refractivity contribution in [1.29, 1.82) is 0 Å². The van der Waals surface area contributed by atoms with Crippen molar-refractivity contribution in [2.45, 2.75) is 20.3 Å². The lowest BCUT2D eigenvalue weighted by Crippen LogP contribution is -2.27. The van der Waals surface area contributed by atoms with Crippen LogP contribution in [0.2, 0.25) is 5.02 Å². The van der Waals surface area contributed by atoms with E-state index < -0.39 is 0 Å². The Morgan fingerprint density at radius 1 is 1.10 bits per heavy atom. The fourth-order valence-electron chi connectivity index (χ4n) is 2.78. The van der Waals surface area contributed by atoms with Crippen LogP contribution in [-0.4, -0.2) is 34.9 Å². The smallest absolute Gasteiger partial charge is 0.266 e. The third-order valence-corrected chi connectivity index (χ3v) is 6.06. The van der Waals surface area contributed by atoms with Crippen LogP contribution < -0.4 is 9.47 Å². The minimum atomic E-state index is -0.0666. The molecule has 0 bridgehead atoms. The van der Waals surface area contributed by atoms with Crippen LogP contribution in [0.4, 0.5) is 0 Å². The Bertz CT molecular complexity index is 928. The number of amides is 1. The molecule has 0 N–H and O–H groups in total. The van der Waals surface area contributed by atoms with E-state index in [1.165, 1.54) is 17.3 Å². The molecule has 2 aromatic rings. The molecule has 0 radical (unpaired) electrons. The first-order valence-corrected chi connectivity index (χ1v) is 11.0. The Hall–Kier alpha value is -2.02. The second-order valence-corrected chi connectivity index (χ2v) is 8.39. The van der Waals surface area contributed by atoms with Gasteiger partial charge in [-0.25, -0.2) is 0 Å². The summed E-state index contributed by atoms with van der Waals surface area (Å²) in [4.78, 5) is 14.5. The van der Waals surface area contributed by atoms with Crippen molar-refractivity contribution in [2.75, 3.05) is 19.8 Å². The number of thioether (sulfide) groups is 1. The molecule has 1 amide bonds. The van der Waals surface area contributed by atoms with Gasteiger partial charge in [0.1, 0.15) is 29.0 Å². The first-order chi connectivity index (χ1) is 14.0. The summed E-state index contributed by atoms with van der Waals surface area (Å²) in [5.41, 5.74) is 2.10. The number of benzene rings is 2. The molecule has 1 aliphatic heterocycles. The van der Waals surface area contributed by atoms with E-state index in [1.54, 1.807) is 23.1 Å². The quantitative estimate of drug-likeness (QED) is 0.300. The molecule has 1 aliphatic rings. The van der Waals surface area contributed by atoms with Gasteiger partial charge in [-0.1, -0.05) is 60.7 Å². The number of aryl methyl sites for hydroxylation is 1. The highest BCUT2D eigenvalue weighted by atomic mass is 35.5. The van der Waals surface area contributed by atoms with Crippen LogP contribution in [0.1, 0.15) is 25.0 Å². The predicted octanol–water partition coefficient (Wildman–Crippen LogP) is 5.58.